The van der Waals surface area contributed by atoms with Crippen LogP contribution in [-0.4, -0.2) is 64.4 Å². The summed E-state index contributed by atoms with van der Waals surface area (Å²) in [6.07, 6.45) is 0.878. The van der Waals surface area contributed by atoms with Gasteiger partial charge in [-0.25, -0.2) is 0 Å². The van der Waals surface area contributed by atoms with Gasteiger partial charge in [-0.05, 0) is 29.5 Å². The van der Waals surface area contributed by atoms with E-state index in [9.17, 15) is 0 Å². The van der Waals surface area contributed by atoms with Crippen molar-refractivity contribution in [2.24, 2.45) is 4.99 Å². The zero-order valence-corrected chi connectivity index (χ0v) is 17.5. The number of hydrogen-bond acceptors (Lipinski definition) is 5. The molecular weight excluding hydrogens is 372 g/mol. The Kier molecular flexibility index (Phi) is 8.14. The summed E-state index contributed by atoms with van der Waals surface area (Å²) in [5.41, 5.74) is 1.19. The van der Waals surface area contributed by atoms with Crippen LogP contribution in [0, 0.1) is 0 Å². The highest BCUT2D eigenvalue weighted by atomic mass is 32.1. The number of methoxy groups -OCH3 is 1. The van der Waals surface area contributed by atoms with Crippen molar-refractivity contribution in [1.29, 1.82) is 0 Å². The van der Waals surface area contributed by atoms with Crippen LogP contribution in [0.25, 0.3) is 0 Å². The molecule has 2 aromatic rings. The molecule has 0 aliphatic carbocycles. The Morgan fingerprint density at radius 3 is 2.75 bits per heavy atom. The number of thiophene rings is 1. The van der Waals surface area contributed by atoms with E-state index in [2.05, 4.69) is 44.1 Å². The van der Waals surface area contributed by atoms with Crippen LogP contribution in [0.2, 0.25) is 0 Å². The molecule has 1 aromatic heterocycles. The van der Waals surface area contributed by atoms with Crippen molar-refractivity contribution >= 4 is 17.3 Å². The molecule has 0 saturated carbocycles. The summed E-state index contributed by atoms with van der Waals surface area (Å²) in [6, 6.07) is 12.8. The van der Waals surface area contributed by atoms with Gasteiger partial charge in [-0.15, -0.1) is 11.3 Å². The van der Waals surface area contributed by atoms with E-state index in [1.54, 1.807) is 18.4 Å². The minimum Gasteiger partial charge on any atom is -0.496 e. The summed E-state index contributed by atoms with van der Waals surface area (Å²) in [7, 11) is 3.52. The number of para-hydroxylation sites is 1. The predicted molar refractivity (Wildman–Crippen MR) is 116 cm³/mol. The first-order valence-electron chi connectivity index (χ1n) is 9.73. The average molecular weight is 403 g/mol. The van der Waals surface area contributed by atoms with Gasteiger partial charge in [-0.3, -0.25) is 9.89 Å². The van der Waals surface area contributed by atoms with E-state index >= 15 is 0 Å². The van der Waals surface area contributed by atoms with Gasteiger partial charge in [0.25, 0.3) is 0 Å². The van der Waals surface area contributed by atoms with Crippen LogP contribution in [0.4, 0.5) is 0 Å². The second-order valence-electron chi connectivity index (χ2n) is 6.62. The molecular formula is C21H30N4O2S. The molecule has 2 heterocycles. The average Bonchev–Trinajstić information content (AvgIpc) is 3.28. The lowest BCUT2D eigenvalue weighted by Gasteiger charge is -2.34. The first kappa shape index (κ1) is 20.6. The zero-order valence-electron chi connectivity index (χ0n) is 16.7. The Bertz CT molecular complexity index is 730. The van der Waals surface area contributed by atoms with Crippen LogP contribution in [-0.2, 0) is 11.2 Å². The van der Waals surface area contributed by atoms with Crippen LogP contribution in [0.15, 0.2) is 46.8 Å². The molecule has 3 rings (SSSR count). The van der Waals surface area contributed by atoms with Crippen LogP contribution in [0.1, 0.15) is 16.5 Å². The number of nitrogens with one attached hydrogen (secondary N) is 2. The molecule has 0 amide bonds. The standard InChI is InChI=1S/C21H30N4O2S/c1-22-21(23-10-9-17-6-3-4-7-19(17)26-2)24-16-18(20-8-5-15-28-20)25-11-13-27-14-12-25/h3-8,15,18H,9-14,16H2,1-2H3,(H2,22,23,24). The van der Waals surface area contributed by atoms with Gasteiger partial charge in [0.05, 0.1) is 26.4 Å². The number of morpholine rings is 1. The Labute approximate surface area is 171 Å². The van der Waals surface area contributed by atoms with Gasteiger partial charge in [-0.1, -0.05) is 24.3 Å². The normalized spacial score (nSPS) is 16.6. The molecule has 0 bridgehead atoms. The molecule has 1 unspecified atom stereocenters. The summed E-state index contributed by atoms with van der Waals surface area (Å²) in [6.45, 7) is 5.13. The van der Waals surface area contributed by atoms with Gasteiger partial charge < -0.3 is 20.1 Å². The number of nitrogens with zero attached hydrogens (tertiary/aromatic N) is 2. The molecule has 6 nitrogen and oxygen atoms in total. The van der Waals surface area contributed by atoms with Crippen molar-refractivity contribution in [2.75, 3.05) is 53.6 Å². The number of guanidine groups is 1. The lowest BCUT2D eigenvalue weighted by atomic mass is 10.1. The van der Waals surface area contributed by atoms with Crippen LogP contribution in [0.3, 0.4) is 0 Å². The molecule has 1 fully saturated rings. The molecule has 0 spiro atoms. The zero-order chi connectivity index (χ0) is 19.6. The van der Waals surface area contributed by atoms with Gasteiger partial charge in [0.15, 0.2) is 5.96 Å². The highest BCUT2D eigenvalue weighted by Gasteiger charge is 2.23. The molecule has 2 N–H and O–H groups in total. The quantitative estimate of drug-likeness (QED) is 0.525. The fraction of sp³-hybridized carbons (Fsp3) is 0.476. The summed E-state index contributed by atoms with van der Waals surface area (Å²) in [4.78, 5) is 8.25. The summed E-state index contributed by atoms with van der Waals surface area (Å²) >= 11 is 1.81. The maximum Gasteiger partial charge on any atom is 0.191 e. The third kappa shape index (κ3) is 5.70. The second-order valence-corrected chi connectivity index (χ2v) is 7.60. The van der Waals surface area contributed by atoms with Gasteiger partial charge in [0.2, 0.25) is 0 Å². The third-order valence-corrected chi connectivity index (χ3v) is 5.90. The molecule has 1 saturated heterocycles. The Morgan fingerprint density at radius 2 is 2.04 bits per heavy atom. The topological polar surface area (TPSA) is 58.1 Å². The Morgan fingerprint density at radius 1 is 1.21 bits per heavy atom. The fourth-order valence-electron chi connectivity index (χ4n) is 3.42. The second kappa shape index (κ2) is 11.0. The maximum atomic E-state index is 5.52. The van der Waals surface area contributed by atoms with E-state index < -0.39 is 0 Å². The minimum absolute atomic E-state index is 0.330. The number of rotatable bonds is 8. The van der Waals surface area contributed by atoms with Gasteiger partial charge in [0.1, 0.15) is 5.75 Å². The van der Waals surface area contributed by atoms with Gasteiger partial charge in [0, 0.05) is 38.1 Å². The van der Waals surface area contributed by atoms with Gasteiger partial charge >= 0.3 is 0 Å². The summed E-state index contributed by atoms with van der Waals surface area (Å²) in [5.74, 6) is 1.75. The number of benzene rings is 1. The monoisotopic (exact) mass is 402 g/mol. The molecule has 1 aliphatic heterocycles. The minimum atomic E-state index is 0.330. The molecule has 0 radical (unpaired) electrons. The number of ether oxygens (including phenoxy) is 2. The van der Waals surface area contributed by atoms with Crippen LogP contribution >= 0.6 is 11.3 Å². The fourth-order valence-corrected chi connectivity index (χ4v) is 4.28. The molecule has 1 aliphatic rings. The van der Waals surface area contributed by atoms with Crippen molar-refractivity contribution in [3.63, 3.8) is 0 Å². The van der Waals surface area contributed by atoms with Gasteiger partial charge in [-0.2, -0.15) is 0 Å². The highest BCUT2D eigenvalue weighted by Crippen LogP contribution is 2.25. The number of hydrogen-bond donors (Lipinski definition) is 2. The first-order valence-corrected chi connectivity index (χ1v) is 10.6. The highest BCUT2D eigenvalue weighted by molar-refractivity contribution is 7.10. The van der Waals surface area contributed by atoms with Crippen LogP contribution in [0.5, 0.6) is 5.75 Å². The molecule has 7 heteroatoms. The van der Waals surface area contributed by atoms with E-state index in [1.165, 1.54) is 10.4 Å². The molecule has 1 atom stereocenters. The largest absolute Gasteiger partial charge is 0.496 e. The number of aliphatic imine (C=N–C) groups is 1. The van der Waals surface area contributed by atoms with Crippen molar-refractivity contribution in [3.05, 3.63) is 52.2 Å². The van der Waals surface area contributed by atoms with Crippen molar-refractivity contribution < 1.29 is 9.47 Å². The van der Waals surface area contributed by atoms with Crippen molar-refractivity contribution in [2.45, 2.75) is 12.5 Å². The Hall–Kier alpha value is -2.09. The molecule has 152 valence electrons. The lowest BCUT2D eigenvalue weighted by Crippen LogP contribution is -2.46. The van der Waals surface area contributed by atoms with E-state index in [0.717, 1.165) is 57.5 Å². The lowest BCUT2D eigenvalue weighted by molar-refractivity contribution is 0.0177. The van der Waals surface area contributed by atoms with Crippen LogP contribution < -0.4 is 15.4 Å². The molecule has 1 aromatic carbocycles. The summed E-state index contributed by atoms with van der Waals surface area (Å²) in [5, 5.41) is 9.06. The predicted octanol–water partition coefficient (Wildman–Crippen LogP) is 2.54. The van der Waals surface area contributed by atoms with Crippen molar-refractivity contribution in [1.82, 2.24) is 15.5 Å². The van der Waals surface area contributed by atoms with E-state index in [4.69, 9.17) is 9.47 Å². The smallest absolute Gasteiger partial charge is 0.191 e. The Balaban J connectivity index is 1.53. The first-order chi connectivity index (χ1) is 13.8. The van der Waals surface area contributed by atoms with E-state index in [-0.39, 0.29) is 0 Å². The SMILES string of the molecule is CN=C(NCCc1ccccc1OC)NCC(c1cccs1)N1CCOCC1. The van der Waals surface area contributed by atoms with E-state index in [0.29, 0.717) is 6.04 Å². The third-order valence-electron chi connectivity index (χ3n) is 4.92. The van der Waals surface area contributed by atoms with Crippen molar-refractivity contribution in [3.8, 4) is 5.75 Å². The summed E-state index contributed by atoms with van der Waals surface area (Å²) < 4.78 is 11.0. The maximum absolute atomic E-state index is 5.52. The van der Waals surface area contributed by atoms with E-state index in [1.807, 2.05) is 25.2 Å². The molecule has 28 heavy (non-hydrogen) atoms.